The van der Waals surface area contributed by atoms with Crippen LogP contribution in [0, 0.1) is 20.8 Å². The Kier molecular flexibility index (Phi) is 5.98. The molecular weight excluding hydrogens is 346 g/mol. The molecule has 3 heteroatoms. The number of aryl methyl sites for hydroxylation is 3. The van der Waals surface area contributed by atoms with Crippen molar-refractivity contribution in [3.63, 3.8) is 0 Å². The van der Waals surface area contributed by atoms with Crippen LogP contribution >= 0.6 is 0 Å². The number of nitrogens with zero attached hydrogens (tertiary/aromatic N) is 1. The Hall–Kier alpha value is -3.29. The Labute approximate surface area is 167 Å². The lowest BCUT2D eigenvalue weighted by Crippen LogP contribution is -1.98. The lowest BCUT2D eigenvalue weighted by atomic mass is 9.95. The van der Waals surface area contributed by atoms with Crippen LogP contribution < -0.4 is 9.47 Å². The maximum Gasteiger partial charge on any atom is 0.127 e. The van der Waals surface area contributed by atoms with Gasteiger partial charge in [-0.3, -0.25) is 0 Å². The first-order valence-electron chi connectivity index (χ1n) is 9.22. The van der Waals surface area contributed by atoms with Crippen molar-refractivity contribution < 1.29 is 9.47 Å². The first kappa shape index (κ1) is 19.5. The molecule has 0 radical (unpaired) electrons. The molecule has 0 N–H and O–H groups in total. The first-order valence-corrected chi connectivity index (χ1v) is 9.22. The Morgan fingerprint density at radius 3 is 1.75 bits per heavy atom. The fourth-order valence-electron chi connectivity index (χ4n) is 3.12. The smallest absolute Gasteiger partial charge is 0.127 e. The van der Waals surface area contributed by atoms with Gasteiger partial charge in [-0.1, -0.05) is 35.4 Å². The summed E-state index contributed by atoms with van der Waals surface area (Å²) in [5.74, 6) is 4.83. The fraction of sp³-hybridized carbons (Fsp3) is 0.200. The minimum Gasteiger partial charge on any atom is -0.496 e. The van der Waals surface area contributed by atoms with Crippen LogP contribution in [0.15, 0.2) is 65.7 Å². The molecule has 0 heterocycles. The number of rotatable bonds is 5. The second kappa shape index (κ2) is 8.60. The molecule has 3 aromatic carbocycles. The highest BCUT2D eigenvalue weighted by molar-refractivity contribution is 6.02. The van der Waals surface area contributed by atoms with Crippen LogP contribution in [0.1, 0.15) is 27.8 Å². The summed E-state index contributed by atoms with van der Waals surface area (Å²) in [6.07, 6.45) is 0. The quantitative estimate of drug-likeness (QED) is 0.510. The van der Waals surface area contributed by atoms with Gasteiger partial charge in [0.1, 0.15) is 11.5 Å². The van der Waals surface area contributed by atoms with Crippen molar-refractivity contribution >= 4 is 17.1 Å². The minimum atomic E-state index is 0.774. The number of methoxy groups -OCH3 is 2. The molecule has 3 rings (SSSR count). The van der Waals surface area contributed by atoms with Crippen LogP contribution in [0.2, 0.25) is 0 Å². The Morgan fingerprint density at radius 2 is 1.25 bits per heavy atom. The molecule has 0 spiro atoms. The number of ether oxygens (including phenoxy) is 2. The Balaban J connectivity index is 2.31. The SMILES string of the molecule is COc1ccc(C)cc1C(=C=Nc1cccc(C)c1)c1cc(C)ccc1OC. The summed E-state index contributed by atoms with van der Waals surface area (Å²) in [6.45, 7) is 6.17. The van der Waals surface area contributed by atoms with E-state index in [-0.39, 0.29) is 0 Å². The zero-order chi connectivity index (χ0) is 20.1. The lowest BCUT2D eigenvalue weighted by Gasteiger charge is -2.15. The van der Waals surface area contributed by atoms with Crippen LogP contribution in [0.25, 0.3) is 5.57 Å². The number of aliphatic imine (C=N–C) groups is 1. The van der Waals surface area contributed by atoms with Crippen molar-refractivity contribution in [1.82, 2.24) is 0 Å². The van der Waals surface area contributed by atoms with Crippen LogP contribution in [-0.2, 0) is 0 Å². The van der Waals surface area contributed by atoms with E-state index >= 15 is 0 Å². The standard InChI is InChI=1S/C25H25NO2/c1-17-7-6-8-20(13-17)26-16-23(21-14-18(2)9-11-24(21)27-4)22-15-19(3)10-12-25(22)28-5/h6-15H,1-5H3. The highest BCUT2D eigenvalue weighted by Crippen LogP contribution is 2.35. The summed E-state index contributed by atoms with van der Waals surface area (Å²) >= 11 is 0. The number of hydrogen-bond acceptors (Lipinski definition) is 3. The van der Waals surface area contributed by atoms with E-state index in [0.717, 1.165) is 50.6 Å². The molecule has 0 unspecified atom stereocenters. The van der Waals surface area contributed by atoms with E-state index in [1.807, 2.05) is 42.5 Å². The third kappa shape index (κ3) is 4.33. The van der Waals surface area contributed by atoms with Crippen molar-refractivity contribution in [2.45, 2.75) is 20.8 Å². The van der Waals surface area contributed by atoms with Crippen LogP contribution in [0.3, 0.4) is 0 Å². The van der Waals surface area contributed by atoms with Gasteiger partial charge in [0.05, 0.1) is 25.5 Å². The molecule has 28 heavy (non-hydrogen) atoms. The number of hydrogen-bond donors (Lipinski definition) is 0. The average molecular weight is 371 g/mol. The van der Waals surface area contributed by atoms with Crippen LogP contribution in [0.5, 0.6) is 11.5 Å². The monoisotopic (exact) mass is 371 g/mol. The third-order valence-electron chi connectivity index (χ3n) is 4.55. The van der Waals surface area contributed by atoms with Crippen LogP contribution in [-0.4, -0.2) is 20.1 Å². The molecule has 0 amide bonds. The normalized spacial score (nSPS) is 10.2. The zero-order valence-corrected chi connectivity index (χ0v) is 17.0. The van der Waals surface area contributed by atoms with Gasteiger partial charge in [0.2, 0.25) is 0 Å². The second-order valence-corrected chi connectivity index (χ2v) is 6.85. The molecule has 0 atom stereocenters. The predicted octanol–water partition coefficient (Wildman–Crippen LogP) is 6.06. The summed E-state index contributed by atoms with van der Waals surface area (Å²) in [5.41, 5.74) is 6.99. The molecule has 0 aliphatic heterocycles. The van der Waals surface area contributed by atoms with E-state index < -0.39 is 0 Å². The van der Waals surface area contributed by atoms with E-state index in [0.29, 0.717) is 0 Å². The molecule has 3 nitrogen and oxygen atoms in total. The van der Waals surface area contributed by atoms with E-state index in [9.17, 15) is 0 Å². The minimum absolute atomic E-state index is 0.774. The van der Waals surface area contributed by atoms with Crippen molar-refractivity contribution in [3.05, 3.63) is 88.5 Å². The molecule has 0 saturated heterocycles. The van der Waals surface area contributed by atoms with E-state index in [4.69, 9.17) is 9.47 Å². The molecule has 0 aromatic heterocycles. The first-order chi connectivity index (χ1) is 13.5. The van der Waals surface area contributed by atoms with Crippen molar-refractivity contribution in [2.24, 2.45) is 4.99 Å². The maximum atomic E-state index is 5.63. The largest absolute Gasteiger partial charge is 0.496 e. The van der Waals surface area contributed by atoms with Gasteiger partial charge in [-0.2, -0.15) is 0 Å². The highest BCUT2D eigenvalue weighted by Gasteiger charge is 2.16. The topological polar surface area (TPSA) is 30.8 Å². The van der Waals surface area contributed by atoms with Gasteiger partial charge in [-0.05, 0) is 68.6 Å². The molecular formula is C25H25NO2. The van der Waals surface area contributed by atoms with E-state index in [1.165, 1.54) is 0 Å². The van der Waals surface area contributed by atoms with E-state index in [1.54, 1.807) is 14.2 Å². The number of benzene rings is 3. The average Bonchev–Trinajstić information content (AvgIpc) is 2.68. The van der Waals surface area contributed by atoms with Gasteiger partial charge in [0.25, 0.3) is 0 Å². The molecule has 0 bridgehead atoms. The Bertz CT molecular complexity index is 1000. The molecule has 3 aromatic rings. The van der Waals surface area contributed by atoms with E-state index in [2.05, 4.69) is 49.8 Å². The van der Waals surface area contributed by atoms with Gasteiger partial charge in [0.15, 0.2) is 0 Å². The van der Waals surface area contributed by atoms with Crippen LogP contribution in [0.4, 0.5) is 5.69 Å². The summed E-state index contributed by atoms with van der Waals surface area (Å²) in [6, 6.07) is 20.2. The lowest BCUT2D eigenvalue weighted by molar-refractivity contribution is 0.411. The Morgan fingerprint density at radius 1 is 0.714 bits per heavy atom. The summed E-state index contributed by atoms with van der Waals surface area (Å²) in [5, 5.41) is 0. The van der Waals surface area contributed by atoms with Gasteiger partial charge in [0, 0.05) is 11.1 Å². The van der Waals surface area contributed by atoms with Gasteiger partial charge in [-0.25, -0.2) is 4.99 Å². The van der Waals surface area contributed by atoms with Crippen molar-refractivity contribution in [3.8, 4) is 11.5 Å². The highest BCUT2D eigenvalue weighted by atomic mass is 16.5. The zero-order valence-electron chi connectivity index (χ0n) is 17.0. The maximum absolute atomic E-state index is 5.63. The van der Waals surface area contributed by atoms with Crippen molar-refractivity contribution in [2.75, 3.05) is 14.2 Å². The predicted molar refractivity (Wildman–Crippen MR) is 116 cm³/mol. The second-order valence-electron chi connectivity index (χ2n) is 6.85. The van der Waals surface area contributed by atoms with Gasteiger partial charge in [-0.15, -0.1) is 0 Å². The fourth-order valence-corrected chi connectivity index (χ4v) is 3.12. The molecule has 0 aliphatic carbocycles. The van der Waals surface area contributed by atoms with Gasteiger partial charge >= 0.3 is 0 Å². The third-order valence-corrected chi connectivity index (χ3v) is 4.55. The summed E-state index contributed by atoms with van der Waals surface area (Å²) < 4.78 is 11.3. The molecule has 0 aliphatic rings. The summed E-state index contributed by atoms with van der Waals surface area (Å²) in [7, 11) is 3.36. The molecule has 0 saturated carbocycles. The molecule has 142 valence electrons. The van der Waals surface area contributed by atoms with Crippen molar-refractivity contribution in [1.29, 1.82) is 0 Å². The molecule has 0 fully saturated rings. The summed E-state index contributed by atoms with van der Waals surface area (Å²) in [4.78, 5) is 4.63. The van der Waals surface area contributed by atoms with Gasteiger partial charge < -0.3 is 9.47 Å².